The smallest absolute Gasteiger partial charge is 0.251 e. The maximum absolute atomic E-state index is 11.7. The molecule has 0 saturated heterocycles. The first-order chi connectivity index (χ1) is 9.54. The Morgan fingerprint density at radius 1 is 1.50 bits per heavy atom. The van der Waals surface area contributed by atoms with Gasteiger partial charge in [-0.2, -0.15) is 5.10 Å². The molecule has 0 aliphatic carbocycles. The number of hydrazone groups is 1. The van der Waals surface area contributed by atoms with Crippen LogP contribution in [0.1, 0.15) is 17.5 Å². The van der Waals surface area contributed by atoms with Gasteiger partial charge in [0.15, 0.2) is 4.77 Å². The van der Waals surface area contributed by atoms with Crippen molar-refractivity contribution in [2.24, 2.45) is 5.10 Å². The zero-order valence-electron chi connectivity index (χ0n) is 10.6. The van der Waals surface area contributed by atoms with E-state index in [-0.39, 0.29) is 22.7 Å². The van der Waals surface area contributed by atoms with Crippen LogP contribution >= 0.6 is 23.6 Å². The van der Waals surface area contributed by atoms with Crippen molar-refractivity contribution in [3.63, 3.8) is 0 Å². The van der Waals surface area contributed by atoms with Gasteiger partial charge in [-0.1, -0.05) is 6.07 Å². The third kappa shape index (κ3) is 3.97. The monoisotopic (exact) mass is 308 g/mol. The van der Waals surface area contributed by atoms with Crippen molar-refractivity contribution in [3.8, 4) is 0 Å². The molecule has 2 aromatic rings. The highest BCUT2D eigenvalue weighted by Crippen LogP contribution is 2.09. The van der Waals surface area contributed by atoms with Gasteiger partial charge in [-0.3, -0.25) is 14.6 Å². The van der Waals surface area contributed by atoms with Crippen LogP contribution in [-0.4, -0.2) is 21.6 Å². The minimum atomic E-state index is -0.338. The molecule has 1 amide bonds. The van der Waals surface area contributed by atoms with Gasteiger partial charge in [0.1, 0.15) is 0 Å². The lowest BCUT2D eigenvalue weighted by Gasteiger charge is -2.01. The number of carbonyl (C=O) groups is 1. The van der Waals surface area contributed by atoms with Crippen LogP contribution in [0.4, 0.5) is 0 Å². The number of rotatable bonds is 4. The van der Waals surface area contributed by atoms with Crippen LogP contribution < -0.4 is 11.0 Å². The van der Waals surface area contributed by atoms with Crippen molar-refractivity contribution >= 4 is 35.2 Å². The standard InChI is InChI=1S/C12H12N4O2S2/c1-7(9-3-2-4-20-9)15-16-11(18)6-8-5-10(17)14-12(19)13-8/h2-5H,6H2,1H3,(H,16,18)(H2,13,14,17,19)/b15-7-. The van der Waals surface area contributed by atoms with Crippen LogP contribution in [0.2, 0.25) is 0 Å². The molecule has 2 aromatic heterocycles. The number of carbonyl (C=O) groups excluding carboxylic acids is 1. The van der Waals surface area contributed by atoms with Crippen LogP contribution in [0, 0.1) is 4.77 Å². The van der Waals surface area contributed by atoms with Crippen molar-refractivity contribution in [2.75, 3.05) is 0 Å². The summed E-state index contributed by atoms with van der Waals surface area (Å²) in [4.78, 5) is 29.1. The number of amides is 1. The fourth-order valence-corrected chi connectivity index (χ4v) is 2.42. The molecule has 2 heterocycles. The number of nitrogens with zero attached hydrogens (tertiary/aromatic N) is 1. The largest absolute Gasteiger partial charge is 0.335 e. The lowest BCUT2D eigenvalue weighted by atomic mass is 10.3. The van der Waals surface area contributed by atoms with Crippen molar-refractivity contribution < 1.29 is 4.79 Å². The van der Waals surface area contributed by atoms with Gasteiger partial charge in [0.2, 0.25) is 5.91 Å². The lowest BCUT2D eigenvalue weighted by Crippen LogP contribution is -2.22. The normalized spacial score (nSPS) is 11.3. The van der Waals surface area contributed by atoms with Gasteiger partial charge in [0.25, 0.3) is 5.56 Å². The highest BCUT2D eigenvalue weighted by molar-refractivity contribution is 7.71. The SMILES string of the molecule is C/C(=N/NC(=O)Cc1cc(=O)[nH]c(=S)[nH]1)c1cccs1. The van der Waals surface area contributed by atoms with Crippen LogP contribution in [0.3, 0.4) is 0 Å². The minimum absolute atomic E-state index is 0.00871. The van der Waals surface area contributed by atoms with Gasteiger partial charge in [-0.25, -0.2) is 5.43 Å². The first-order valence-corrected chi connectivity index (χ1v) is 7.03. The average Bonchev–Trinajstić information content (AvgIpc) is 2.88. The van der Waals surface area contributed by atoms with Gasteiger partial charge in [-0.05, 0) is 30.6 Å². The summed E-state index contributed by atoms with van der Waals surface area (Å²) < 4.78 is 0.193. The van der Waals surface area contributed by atoms with Crippen molar-refractivity contribution in [2.45, 2.75) is 13.3 Å². The Labute approximate surface area is 123 Å². The number of hydrogen-bond donors (Lipinski definition) is 3. The van der Waals surface area contributed by atoms with E-state index in [4.69, 9.17) is 12.2 Å². The van der Waals surface area contributed by atoms with E-state index in [9.17, 15) is 9.59 Å². The van der Waals surface area contributed by atoms with Crippen LogP contribution in [0.5, 0.6) is 0 Å². The molecule has 104 valence electrons. The van der Waals surface area contributed by atoms with Crippen LogP contribution in [0.25, 0.3) is 0 Å². The number of thiophene rings is 1. The Hall–Kier alpha value is -2.06. The Morgan fingerprint density at radius 2 is 2.30 bits per heavy atom. The second-order valence-corrected chi connectivity index (χ2v) is 5.36. The maximum atomic E-state index is 11.7. The summed E-state index contributed by atoms with van der Waals surface area (Å²) in [5.41, 5.74) is 3.28. The maximum Gasteiger partial charge on any atom is 0.251 e. The van der Waals surface area contributed by atoms with Gasteiger partial charge in [-0.15, -0.1) is 11.3 Å². The van der Waals surface area contributed by atoms with Crippen molar-refractivity contribution in [3.05, 3.63) is 49.3 Å². The predicted molar refractivity (Wildman–Crippen MR) is 80.6 cm³/mol. The topological polar surface area (TPSA) is 90.1 Å². The summed E-state index contributed by atoms with van der Waals surface area (Å²) in [6.45, 7) is 1.81. The van der Waals surface area contributed by atoms with Gasteiger partial charge in [0, 0.05) is 16.6 Å². The van der Waals surface area contributed by atoms with E-state index in [0.717, 1.165) is 10.6 Å². The third-order valence-electron chi connectivity index (χ3n) is 2.39. The molecular weight excluding hydrogens is 296 g/mol. The van der Waals surface area contributed by atoms with E-state index in [2.05, 4.69) is 20.5 Å². The molecule has 20 heavy (non-hydrogen) atoms. The van der Waals surface area contributed by atoms with Crippen molar-refractivity contribution in [1.29, 1.82) is 0 Å². The van der Waals surface area contributed by atoms with Gasteiger partial charge < -0.3 is 4.98 Å². The Balaban J connectivity index is 2.01. The summed E-state index contributed by atoms with van der Waals surface area (Å²) >= 11 is 6.37. The quantitative estimate of drug-likeness (QED) is 0.455. The second kappa shape index (κ2) is 6.40. The molecule has 0 aromatic carbocycles. The highest BCUT2D eigenvalue weighted by atomic mass is 32.1. The summed E-state index contributed by atoms with van der Waals surface area (Å²) in [6, 6.07) is 5.13. The number of hydrogen-bond acceptors (Lipinski definition) is 5. The lowest BCUT2D eigenvalue weighted by molar-refractivity contribution is -0.120. The highest BCUT2D eigenvalue weighted by Gasteiger charge is 2.05. The molecule has 0 unspecified atom stereocenters. The number of nitrogens with one attached hydrogen (secondary N) is 3. The molecule has 0 spiro atoms. The molecule has 3 N–H and O–H groups in total. The predicted octanol–water partition coefficient (Wildman–Crippen LogP) is 1.58. The summed E-state index contributed by atoms with van der Waals surface area (Å²) in [5, 5.41) is 5.95. The van der Waals surface area contributed by atoms with Crippen LogP contribution in [-0.2, 0) is 11.2 Å². The van der Waals surface area contributed by atoms with Crippen LogP contribution in [0.15, 0.2) is 33.5 Å². The Kier molecular flexibility index (Phi) is 4.59. The van der Waals surface area contributed by atoms with Gasteiger partial charge in [0.05, 0.1) is 12.1 Å². The number of H-pyrrole nitrogens is 2. The fraction of sp³-hybridized carbons (Fsp3) is 0.167. The van der Waals surface area contributed by atoms with Gasteiger partial charge >= 0.3 is 0 Å². The van der Waals surface area contributed by atoms with E-state index < -0.39 is 0 Å². The third-order valence-corrected chi connectivity index (χ3v) is 3.58. The molecule has 0 atom stereocenters. The van der Waals surface area contributed by atoms with E-state index in [1.807, 2.05) is 24.4 Å². The summed E-state index contributed by atoms with van der Waals surface area (Å²) in [7, 11) is 0. The molecule has 0 fully saturated rings. The molecule has 0 saturated carbocycles. The summed E-state index contributed by atoms with van der Waals surface area (Å²) in [5.74, 6) is -0.322. The van der Waals surface area contributed by atoms with E-state index in [1.165, 1.54) is 6.07 Å². The second-order valence-electron chi connectivity index (χ2n) is 4.00. The van der Waals surface area contributed by atoms with Crippen molar-refractivity contribution in [1.82, 2.24) is 15.4 Å². The molecule has 0 aliphatic rings. The average molecular weight is 308 g/mol. The Bertz CT molecular complexity index is 715. The van der Waals surface area contributed by atoms with E-state index >= 15 is 0 Å². The number of aromatic amines is 2. The minimum Gasteiger partial charge on any atom is -0.335 e. The first-order valence-electron chi connectivity index (χ1n) is 5.74. The first kappa shape index (κ1) is 14.4. The fourth-order valence-electron chi connectivity index (χ4n) is 1.51. The molecular formula is C12H12N4O2S2. The number of aromatic nitrogens is 2. The zero-order valence-corrected chi connectivity index (χ0v) is 12.2. The molecule has 0 bridgehead atoms. The zero-order chi connectivity index (χ0) is 14.5. The molecule has 8 heteroatoms. The molecule has 6 nitrogen and oxygen atoms in total. The molecule has 0 radical (unpaired) electrons. The molecule has 0 aliphatic heterocycles. The Morgan fingerprint density at radius 3 is 2.95 bits per heavy atom. The molecule has 2 rings (SSSR count). The van der Waals surface area contributed by atoms with E-state index in [0.29, 0.717) is 5.69 Å². The summed E-state index contributed by atoms with van der Waals surface area (Å²) in [6.07, 6.45) is 0.00871. The van der Waals surface area contributed by atoms with E-state index in [1.54, 1.807) is 11.3 Å².